The van der Waals surface area contributed by atoms with E-state index in [2.05, 4.69) is 6.92 Å². The van der Waals surface area contributed by atoms with Crippen molar-refractivity contribution in [2.24, 2.45) is 0 Å². The van der Waals surface area contributed by atoms with Crippen molar-refractivity contribution in [3.05, 3.63) is 23.8 Å². The Kier molecular flexibility index (Phi) is 11.5. The number of phenolic OH excluding ortho intramolecular Hbond substituents is 2. The van der Waals surface area contributed by atoms with Gasteiger partial charge in [-0.2, -0.15) is 0 Å². The van der Waals surface area contributed by atoms with Crippen LogP contribution in [0, 0.1) is 0 Å². The third kappa shape index (κ3) is 10.3. The molecule has 0 unspecified atom stereocenters. The Balaban J connectivity index is 1.85. The second-order valence-electron chi connectivity index (χ2n) is 6.82. The highest BCUT2D eigenvalue weighted by atomic mass is 16.3. The first-order chi connectivity index (χ1) is 11.2. The fourth-order valence-electron chi connectivity index (χ4n) is 3.07. The molecule has 1 aromatic rings. The molecule has 0 aliphatic rings. The van der Waals surface area contributed by atoms with E-state index in [-0.39, 0.29) is 11.5 Å². The smallest absolute Gasteiger partial charge is 0.157 e. The van der Waals surface area contributed by atoms with Crippen molar-refractivity contribution in [2.75, 3.05) is 0 Å². The average molecular weight is 321 g/mol. The molecule has 132 valence electrons. The summed E-state index contributed by atoms with van der Waals surface area (Å²) in [5.41, 5.74) is 1.11. The van der Waals surface area contributed by atoms with E-state index in [4.69, 9.17) is 0 Å². The summed E-state index contributed by atoms with van der Waals surface area (Å²) in [7, 11) is 0. The first-order valence-corrected chi connectivity index (χ1v) is 9.75. The predicted octanol–water partition coefficient (Wildman–Crippen LogP) is 6.73. The van der Waals surface area contributed by atoms with Gasteiger partial charge in [0.15, 0.2) is 11.5 Å². The van der Waals surface area contributed by atoms with Crippen LogP contribution in [0.5, 0.6) is 11.5 Å². The van der Waals surface area contributed by atoms with Crippen molar-refractivity contribution in [3.63, 3.8) is 0 Å². The number of hydrogen-bond donors (Lipinski definition) is 2. The maximum absolute atomic E-state index is 9.45. The van der Waals surface area contributed by atoms with Crippen molar-refractivity contribution in [3.8, 4) is 11.5 Å². The third-order valence-electron chi connectivity index (χ3n) is 4.61. The second kappa shape index (κ2) is 13.3. The summed E-state index contributed by atoms with van der Waals surface area (Å²) >= 11 is 0. The van der Waals surface area contributed by atoms with Gasteiger partial charge in [0.1, 0.15) is 0 Å². The Bertz CT molecular complexity index is 401. The van der Waals surface area contributed by atoms with Gasteiger partial charge in [0.05, 0.1) is 0 Å². The quantitative estimate of drug-likeness (QED) is 0.294. The van der Waals surface area contributed by atoms with Crippen LogP contribution in [-0.4, -0.2) is 10.2 Å². The lowest BCUT2D eigenvalue weighted by Gasteiger charge is -2.04. The minimum absolute atomic E-state index is 0.00260. The zero-order valence-corrected chi connectivity index (χ0v) is 15.0. The molecule has 0 aromatic heterocycles. The summed E-state index contributed by atoms with van der Waals surface area (Å²) in [4.78, 5) is 0. The zero-order valence-electron chi connectivity index (χ0n) is 15.0. The van der Waals surface area contributed by atoms with Crippen LogP contribution in [0.3, 0.4) is 0 Å². The topological polar surface area (TPSA) is 40.5 Å². The van der Waals surface area contributed by atoms with Crippen LogP contribution in [0.4, 0.5) is 0 Å². The van der Waals surface area contributed by atoms with Gasteiger partial charge in [-0.3, -0.25) is 0 Å². The first-order valence-electron chi connectivity index (χ1n) is 9.75. The molecule has 2 nitrogen and oxygen atoms in total. The van der Waals surface area contributed by atoms with Crippen molar-refractivity contribution in [2.45, 2.75) is 96.8 Å². The number of rotatable bonds is 14. The van der Waals surface area contributed by atoms with Crippen LogP contribution in [-0.2, 0) is 6.42 Å². The van der Waals surface area contributed by atoms with Gasteiger partial charge >= 0.3 is 0 Å². The summed E-state index contributed by atoms with van der Waals surface area (Å²) in [5.74, 6) is -0.0312. The lowest BCUT2D eigenvalue weighted by atomic mass is 10.0. The molecule has 0 fully saturated rings. The molecule has 2 heteroatoms. The highest BCUT2D eigenvalue weighted by Crippen LogP contribution is 2.25. The van der Waals surface area contributed by atoms with Crippen molar-refractivity contribution < 1.29 is 10.2 Å². The standard InChI is InChI=1S/C21H36O2/c1-2-3-4-5-6-7-8-9-10-11-12-13-14-15-19-16-17-20(22)21(23)18-19/h16-18,22-23H,2-15H2,1H3. The summed E-state index contributed by atoms with van der Waals surface area (Å²) in [6.07, 6.45) is 18.8. The average Bonchev–Trinajstić information content (AvgIpc) is 2.55. The number of hydrogen-bond acceptors (Lipinski definition) is 2. The molecule has 0 heterocycles. The molecular weight excluding hydrogens is 284 g/mol. The van der Waals surface area contributed by atoms with Gasteiger partial charge in [-0.1, -0.05) is 90.0 Å². The van der Waals surface area contributed by atoms with Crippen molar-refractivity contribution in [1.82, 2.24) is 0 Å². The molecule has 0 bridgehead atoms. The molecule has 23 heavy (non-hydrogen) atoms. The van der Waals surface area contributed by atoms with E-state index in [1.54, 1.807) is 12.1 Å². The first kappa shape index (κ1) is 19.9. The van der Waals surface area contributed by atoms with E-state index >= 15 is 0 Å². The Labute approximate surface area is 142 Å². The van der Waals surface area contributed by atoms with Crippen molar-refractivity contribution >= 4 is 0 Å². The Morgan fingerprint density at radius 3 is 1.57 bits per heavy atom. The van der Waals surface area contributed by atoms with E-state index in [0.29, 0.717) is 0 Å². The van der Waals surface area contributed by atoms with Gasteiger partial charge in [-0.05, 0) is 30.5 Å². The Hall–Kier alpha value is -1.18. The highest BCUT2D eigenvalue weighted by Gasteiger charge is 2.00. The number of aromatic hydroxyl groups is 2. The molecular formula is C21H36O2. The normalized spacial score (nSPS) is 11.0. The van der Waals surface area contributed by atoms with Crippen LogP contribution in [0.2, 0.25) is 0 Å². The fourth-order valence-corrected chi connectivity index (χ4v) is 3.07. The summed E-state index contributed by atoms with van der Waals surface area (Å²) < 4.78 is 0. The van der Waals surface area contributed by atoms with Gasteiger partial charge in [-0.25, -0.2) is 0 Å². The van der Waals surface area contributed by atoms with E-state index in [0.717, 1.165) is 12.0 Å². The number of aryl methyl sites for hydroxylation is 1. The number of unbranched alkanes of at least 4 members (excludes halogenated alkanes) is 12. The van der Waals surface area contributed by atoms with E-state index in [1.807, 2.05) is 6.07 Å². The second-order valence-corrected chi connectivity index (χ2v) is 6.82. The summed E-state index contributed by atoms with van der Waals surface area (Å²) in [6, 6.07) is 5.15. The van der Waals surface area contributed by atoms with Crippen LogP contribution in [0.25, 0.3) is 0 Å². The largest absolute Gasteiger partial charge is 0.504 e. The van der Waals surface area contributed by atoms with Gasteiger partial charge in [0, 0.05) is 0 Å². The Morgan fingerprint density at radius 2 is 1.09 bits per heavy atom. The molecule has 1 aromatic carbocycles. The molecule has 0 atom stereocenters. The molecule has 0 spiro atoms. The van der Waals surface area contributed by atoms with E-state index < -0.39 is 0 Å². The van der Waals surface area contributed by atoms with E-state index in [9.17, 15) is 10.2 Å². The molecule has 0 amide bonds. The van der Waals surface area contributed by atoms with Crippen LogP contribution in [0.15, 0.2) is 18.2 Å². The monoisotopic (exact) mass is 320 g/mol. The predicted molar refractivity (Wildman–Crippen MR) is 99.2 cm³/mol. The van der Waals surface area contributed by atoms with Gasteiger partial charge in [0.25, 0.3) is 0 Å². The van der Waals surface area contributed by atoms with Crippen molar-refractivity contribution in [1.29, 1.82) is 0 Å². The maximum atomic E-state index is 9.45. The number of phenols is 2. The summed E-state index contributed by atoms with van der Waals surface area (Å²) in [6.45, 7) is 2.27. The fraction of sp³-hybridized carbons (Fsp3) is 0.714. The molecule has 0 aliphatic heterocycles. The maximum Gasteiger partial charge on any atom is 0.157 e. The lowest BCUT2D eigenvalue weighted by molar-refractivity contribution is 0.403. The minimum Gasteiger partial charge on any atom is -0.504 e. The molecule has 0 saturated carbocycles. The number of benzene rings is 1. The zero-order chi connectivity index (χ0) is 16.8. The molecule has 0 saturated heterocycles. The van der Waals surface area contributed by atoms with Crippen LogP contribution < -0.4 is 0 Å². The Morgan fingerprint density at radius 1 is 0.609 bits per heavy atom. The molecule has 0 radical (unpaired) electrons. The van der Waals surface area contributed by atoms with Gasteiger partial charge in [-0.15, -0.1) is 0 Å². The van der Waals surface area contributed by atoms with Gasteiger partial charge < -0.3 is 10.2 Å². The highest BCUT2D eigenvalue weighted by molar-refractivity contribution is 5.40. The van der Waals surface area contributed by atoms with Crippen LogP contribution >= 0.6 is 0 Å². The molecule has 0 aliphatic carbocycles. The van der Waals surface area contributed by atoms with Gasteiger partial charge in [0.2, 0.25) is 0 Å². The van der Waals surface area contributed by atoms with Crippen LogP contribution in [0.1, 0.15) is 96.0 Å². The third-order valence-corrected chi connectivity index (χ3v) is 4.61. The molecule has 2 N–H and O–H groups in total. The minimum atomic E-state index is -0.0286. The summed E-state index contributed by atoms with van der Waals surface area (Å²) in [5, 5.41) is 18.7. The SMILES string of the molecule is CCCCCCCCCCCCCCCc1ccc(O)c(O)c1. The van der Waals surface area contributed by atoms with E-state index in [1.165, 1.54) is 83.5 Å². The molecule has 1 rings (SSSR count). The lowest BCUT2D eigenvalue weighted by Crippen LogP contribution is -1.87.